The van der Waals surface area contributed by atoms with Gasteiger partial charge in [0.25, 0.3) is 0 Å². The Hall–Kier alpha value is -4.94. The van der Waals surface area contributed by atoms with E-state index in [1.807, 2.05) is 45.9 Å². The minimum atomic E-state index is -2.39. The Morgan fingerprint density at radius 3 is 1.64 bits per heavy atom. The van der Waals surface area contributed by atoms with Crippen LogP contribution in [-0.4, -0.2) is 304 Å². The standard InChI is InChI=1S/C78H110O33/c1-33-46(83)50(87)54(91)66(98-33)107-59-52(89)47(84)34(2)99-68(59)108-60-53(90)49(86)39(32-80)102-69(60)105-57-56(93)58(64(94)95)106-70(61(57)109-67-55(92)51(88)48(85)38(31-79)101-67)103-43-25-26-74(8)40(73(43,6)7)23-27-75(9)41(74)24-28-77-42-29-72(4,5)62(110-65(96)37-19-15-12-16-20-37)63(104-45(82)22-21-36-17-13-11-14-18-36)78(42,71(97)111-77)44(100-35(3)81)30-76(75,77)10/h11-22,33-34,38-44,46-63,66-71,79-80,83-93,97H,23-32H2,1-10H3,(H,94,95)/b22-21+/t33-,34-,38?,39?,40?,41?,42?,43-,44+,46-,47?,48+,49-,50?,51?,52-,53?,54-,55-,56-,57?,58?,59?,60-,61-,62-,63-,66?,67-,68?,69-,70+,71-,74-,75+,76-,77-,78+/m0/s1. The SMILES string of the molecule is CC(=O)O[C@@H]1C[C@]2(C)[C@@]3(CCC4[C@@]5(C)CC[C@H](O[C@@H]6OC(C(=O)O)[C@@H](O)C(O[C@@H]7OC(CO)[C@H](O)C(O)[C@@H]7OC7O[C@@H](C)C(O)[C@H](O)C7OC7O[C@@H](C)[C@H](O)C(O)[C@@H]7O)[C@@H]6O[C@@H]6OC(CO)[C@@H](O)C(O)[C@@H]6O)C(C)(C)C5CC[C@]42C)O[C@H](O)[C@]12C3CC(C)(C)[C@@H](OC(=O)c1ccccc1)[C@@H]2OC(=O)/C=C/c1ccccc1. The zero-order chi connectivity index (χ0) is 80.5. The number of carbonyl (C=O) groups excluding carboxylic acids is 3. The normalized spacial score (nSPS) is 49.2. The Bertz CT molecular complexity index is 3650. The fourth-order valence-corrected chi connectivity index (χ4v) is 21.9. The number of hydrogen-bond acceptors (Lipinski definition) is 32. The largest absolute Gasteiger partial charge is 0.479 e. The lowest BCUT2D eigenvalue weighted by atomic mass is 9.30. The van der Waals surface area contributed by atoms with Crippen LogP contribution in [0.1, 0.15) is 137 Å². The molecule has 620 valence electrons. The first-order chi connectivity index (χ1) is 52.3. The quantitative estimate of drug-likeness (QED) is 0.0368. The zero-order valence-corrected chi connectivity index (χ0v) is 63.6. The molecule has 6 saturated heterocycles. The number of aliphatic carboxylic acids is 1. The molecular weight excluding hydrogens is 1460 g/mol. The first-order valence-corrected chi connectivity index (χ1v) is 38.5. The van der Waals surface area contributed by atoms with Gasteiger partial charge >= 0.3 is 23.9 Å². The molecule has 38 atom stereocenters. The van der Waals surface area contributed by atoms with E-state index in [-0.39, 0.29) is 36.7 Å². The number of ether oxygens (including phenoxy) is 14. The van der Waals surface area contributed by atoms with E-state index in [1.165, 1.54) is 26.8 Å². The van der Waals surface area contributed by atoms with Crippen LogP contribution >= 0.6 is 0 Å². The summed E-state index contributed by atoms with van der Waals surface area (Å²) < 4.78 is 89.3. The summed E-state index contributed by atoms with van der Waals surface area (Å²) in [5.74, 6) is -5.09. The summed E-state index contributed by atoms with van der Waals surface area (Å²) in [6, 6.07) is 17.4. The van der Waals surface area contributed by atoms with Crippen LogP contribution in [0.2, 0.25) is 0 Å². The first-order valence-electron chi connectivity index (χ1n) is 38.5. The summed E-state index contributed by atoms with van der Waals surface area (Å²) >= 11 is 0. The maximum absolute atomic E-state index is 14.6. The van der Waals surface area contributed by atoms with E-state index in [4.69, 9.17) is 66.3 Å². The van der Waals surface area contributed by atoms with Crippen LogP contribution in [0.15, 0.2) is 66.7 Å². The smallest absolute Gasteiger partial charge is 0.338 e. The zero-order valence-electron chi connectivity index (χ0n) is 63.6. The molecule has 11 aliphatic rings. The maximum atomic E-state index is 14.6. The summed E-state index contributed by atoms with van der Waals surface area (Å²) in [6.07, 6.45) is -49.5. The highest BCUT2D eigenvalue weighted by Crippen LogP contribution is 2.82. The lowest BCUT2D eigenvalue weighted by Crippen LogP contribution is -2.77. The van der Waals surface area contributed by atoms with Gasteiger partial charge in [0.2, 0.25) is 0 Å². The molecular formula is C78H110O33. The number of aliphatic hydroxyl groups excluding tert-OH is 14. The molecule has 2 aromatic carbocycles. The molecule has 0 radical (unpaired) electrons. The molecule has 15 N–H and O–H groups in total. The molecule has 5 saturated carbocycles. The fraction of sp³-hybridized carbons (Fsp3) is 0.769. The number of aliphatic hydroxyl groups is 14. The highest BCUT2D eigenvalue weighted by molar-refractivity contribution is 5.90. The van der Waals surface area contributed by atoms with Gasteiger partial charge in [0.05, 0.1) is 42.7 Å². The molecule has 1 spiro atoms. The van der Waals surface area contributed by atoms with Gasteiger partial charge in [0, 0.05) is 29.7 Å². The number of benzene rings is 2. The van der Waals surface area contributed by atoms with Crippen molar-refractivity contribution in [2.24, 2.45) is 50.2 Å². The monoisotopic (exact) mass is 1570 g/mol. The molecule has 2 aromatic rings. The van der Waals surface area contributed by atoms with E-state index in [0.717, 1.165) is 0 Å². The van der Waals surface area contributed by atoms with E-state index in [9.17, 15) is 95.8 Å². The van der Waals surface area contributed by atoms with Crippen LogP contribution in [0.5, 0.6) is 0 Å². The third kappa shape index (κ3) is 14.1. The Labute approximate surface area is 641 Å². The molecule has 6 aliphatic heterocycles. The molecule has 0 amide bonds. The lowest BCUT2D eigenvalue weighted by molar-refractivity contribution is -0.412. The number of carbonyl (C=O) groups is 4. The van der Waals surface area contributed by atoms with Crippen molar-refractivity contribution < 1.29 is 162 Å². The Kier molecular flexibility index (Phi) is 23.8. The Morgan fingerprint density at radius 2 is 1.02 bits per heavy atom. The van der Waals surface area contributed by atoms with E-state index >= 15 is 0 Å². The van der Waals surface area contributed by atoms with E-state index < -0.39 is 265 Å². The van der Waals surface area contributed by atoms with Gasteiger partial charge < -0.3 is 143 Å². The van der Waals surface area contributed by atoms with Crippen LogP contribution in [0.4, 0.5) is 0 Å². The summed E-state index contributed by atoms with van der Waals surface area (Å²) in [4.78, 5) is 56.4. The second kappa shape index (κ2) is 31.5. The van der Waals surface area contributed by atoms with Gasteiger partial charge in [-0.2, -0.15) is 0 Å². The molecule has 11 fully saturated rings. The highest BCUT2D eigenvalue weighted by atomic mass is 16.8. The second-order valence-electron chi connectivity index (χ2n) is 34.6. The molecule has 33 nitrogen and oxygen atoms in total. The van der Waals surface area contributed by atoms with E-state index in [2.05, 4.69) is 20.8 Å². The van der Waals surface area contributed by atoms with Crippen LogP contribution in [0.25, 0.3) is 6.08 Å². The van der Waals surface area contributed by atoms with Crippen molar-refractivity contribution in [2.45, 2.75) is 310 Å². The third-order valence-corrected chi connectivity index (χ3v) is 27.8. The molecule has 33 heteroatoms. The van der Waals surface area contributed by atoms with Crippen LogP contribution in [0.3, 0.4) is 0 Å². The average molecular weight is 1580 g/mol. The number of hydrogen-bond donors (Lipinski definition) is 15. The van der Waals surface area contributed by atoms with E-state index in [0.29, 0.717) is 37.7 Å². The van der Waals surface area contributed by atoms with Crippen LogP contribution < -0.4 is 0 Å². The highest BCUT2D eigenvalue weighted by Gasteiger charge is 2.87. The number of esters is 3. The van der Waals surface area contributed by atoms with Crippen molar-refractivity contribution >= 4 is 30.0 Å². The molecule has 6 heterocycles. The first kappa shape index (κ1) is 84.0. The van der Waals surface area contributed by atoms with Crippen molar-refractivity contribution in [1.29, 1.82) is 0 Å². The molecule has 111 heavy (non-hydrogen) atoms. The van der Waals surface area contributed by atoms with Gasteiger partial charge in [-0.05, 0) is 117 Å². The number of carboxylic acid groups (broad SMARTS) is 1. The third-order valence-electron chi connectivity index (χ3n) is 27.8. The molecule has 5 aliphatic carbocycles. The van der Waals surface area contributed by atoms with Crippen molar-refractivity contribution in [2.75, 3.05) is 13.2 Å². The molecule has 0 aromatic heterocycles. The molecule has 13 rings (SSSR count). The Morgan fingerprint density at radius 1 is 0.495 bits per heavy atom. The predicted molar refractivity (Wildman–Crippen MR) is 375 cm³/mol. The molecule has 2 bridgehead atoms. The van der Waals surface area contributed by atoms with Gasteiger partial charge in [-0.3, -0.25) is 4.79 Å². The predicted octanol–water partition coefficient (Wildman–Crippen LogP) is -0.419. The molecule has 14 unspecified atom stereocenters. The topological polar surface area (TPSA) is 501 Å². The second-order valence-corrected chi connectivity index (χ2v) is 34.6. The summed E-state index contributed by atoms with van der Waals surface area (Å²) in [5.41, 5.74) is -6.16. The van der Waals surface area contributed by atoms with Gasteiger partial charge in [0.1, 0.15) is 121 Å². The van der Waals surface area contributed by atoms with Crippen molar-refractivity contribution in [3.05, 3.63) is 77.9 Å². The van der Waals surface area contributed by atoms with Crippen molar-refractivity contribution in [3.8, 4) is 0 Å². The number of rotatable bonds is 19. The average Bonchev–Trinajstić information content (AvgIpc) is 1.52. The lowest BCUT2D eigenvalue weighted by Gasteiger charge is -2.75. The number of carboxylic acids is 1. The minimum absolute atomic E-state index is 0.110. The van der Waals surface area contributed by atoms with Gasteiger partial charge in [-0.25, -0.2) is 14.4 Å². The summed E-state index contributed by atoms with van der Waals surface area (Å²) in [6.45, 7) is 16.4. The fourth-order valence-electron chi connectivity index (χ4n) is 21.9. The van der Waals surface area contributed by atoms with Gasteiger partial charge in [-0.1, -0.05) is 97.0 Å². The van der Waals surface area contributed by atoms with Gasteiger partial charge in [0.15, 0.2) is 49.9 Å². The summed E-state index contributed by atoms with van der Waals surface area (Å²) in [7, 11) is 0. The van der Waals surface area contributed by atoms with Gasteiger partial charge in [-0.15, -0.1) is 0 Å². The van der Waals surface area contributed by atoms with Crippen molar-refractivity contribution in [1.82, 2.24) is 0 Å². The maximum Gasteiger partial charge on any atom is 0.338 e. The number of fused-ring (bicyclic) bond motifs is 4. The Balaban J connectivity index is 0.824. The minimum Gasteiger partial charge on any atom is -0.479 e. The van der Waals surface area contributed by atoms with E-state index in [1.54, 1.807) is 48.5 Å². The van der Waals surface area contributed by atoms with Crippen molar-refractivity contribution in [3.63, 3.8) is 0 Å². The summed E-state index contributed by atoms with van der Waals surface area (Å²) in [5, 5.41) is 170. The van der Waals surface area contributed by atoms with Crippen LogP contribution in [-0.2, 0) is 80.7 Å². The van der Waals surface area contributed by atoms with Crippen LogP contribution in [0, 0.1) is 50.2 Å².